The molecule has 4 nitrogen and oxygen atoms in total. The standard InChI is InChI=1S/C12H12BrN3OS2/c13-10-7-9(8-19-10)11(17)15-2-4-16(5-3-15)12-14-1-6-18-12/h1,6-8H,2-5H2. The van der Waals surface area contributed by atoms with E-state index in [0.717, 1.165) is 40.7 Å². The monoisotopic (exact) mass is 357 g/mol. The van der Waals surface area contributed by atoms with Crippen molar-refractivity contribution in [3.05, 3.63) is 32.4 Å². The summed E-state index contributed by atoms with van der Waals surface area (Å²) in [5.41, 5.74) is 0.777. The van der Waals surface area contributed by atoms with Crippen LogP contribution in [0.3, 0.4) is 0 Å². The number of aromatic nitrogens is 1. The lowest BCUT2D eigenvalue weighted by Crippen LogP contribution is -2.48. The lowest BCUT2D eigenvalue weighted by molar-refractivity contribution is 0.0747. The topological polar surface area (TPSA) is 36.4 Å². The maximum absolute atomic E-state index is 12.3. The lowest BCUT2D eigenvalue weighted by Gasteiger charge is -2.34. The third-order valence-electron chi connectivity index (χ3n) is 3.07. The average molecular weight is 358 g/mol. The van der Waals surface area contributed by atoms with Gasteiger partial charge in [-0.3, -0.25) is 4.79 Å². The van der Waals surface area contributed by atoms with Crippen LogP contribution in [0.15, 0.2) is 26.8 Å². The molecule has 3 heterocycles. The minimum absolute atomic E-state index is 0.126. The highest BCUT2D eigenvalue weighted by Crippen LogP contribution is 2.23. The SMILES string of the molecule is O=C(c1csc(Br)c1)N1CCN(c2nccs2)CC1. The maximum Gasteiger partial charge on any atom is 0.254 e. The van der Waals surface area contributed by atoms with E-state index in [-0.39, 0.29) is 5.91 Å². The largest absolute Gasteiger partial charge is 0.345 e. The van der Waals surface area contributed by atoms with Crippen molar-refractivity contribution in [2.45, 2.75) is 0 Å². The van der Waals surface area contributed by atoms with Crippen molar-refractivity contribution in [2.24, 2.45) is 0 Å². The van der Waals surface area contributed by atoms with Crippen LogP contribution in [0.2, 0.25) is 0 Å². The fraction of sp³-hybridized carbons (Fsp3) is 0.333. The van der Waals surface area contributed by atoms with Crippen LogP contribution in [0.4, 0.5) is 5.13 Å². The Labute approximate surface area is 127 Å². The van der Waals surface area contributed by atoms with Gasteiger partial charge >= 0.3 is 0 Å². The highest BCUT2D eigenvalue weighted by molar-refractivity contribution is 9.11. The van der Waals surface area contributed by atoms with E-state index in [1.807, 2.05) is 27.9 Å². The second kappa shape index (κ2) is 5.60. The van der Waals surface area contributed by atoms with Crippen molar-refractivity contribution >= 4 is 49.6 Å². The predicted octanol–water partition coefficient (Wildman–Crippen LogP) is 2.93. The molecule has 2 aromatic rings. The molecule has 1 saturated heterocycles. The summed E-state index contributed by atoms with van der Waals surface area (Å²) >= 11 is 6.58. The summed E-state index contributed by atoms with van der Waals surface area (Å²) in [5, 5.41) is 4.93. The second-order valence-electron chi connectivity index (χ2n) is 4.23. The van der Waals surface area contributed by atoms with Gasteiger partial charge in [0.2, 0.25) is 0 Å². The fourth-order valence-corrected chi connectivity index (χ4v) is 3.90. The van der Waals surface area contributed by atoms with Crippen molar-refractivity contribution in [2.75, 3.05) is 31.1 Å². The molecular formula is C12H12BrN3OS2. The molecule has 1 fully saturated rings. The number of hydrogen-bond acceptors (Lipinski definition) is 5. The zero-order valence-corrected chi connectivity index (χ0v) is 13.3. The minimum atomic E-state index is 0.126. The second-order valence-corrected chi connectivity index (χ2v) is 7.40. The Bertz CT molecular complexity index is 561. The molecule has 1 aliphatic heterocycles. The van der Waals surface area contributed by atoms with Gasteiger partial charge in [-0.05, 0) is 22.0 Å². The summed E-state index contributed by atoms with van der Waals surface area (Å²) in [4.78, 5) is 20.7. The van der Waals surface area contributed by atoms with Gasteiger partial charge in [0.25, 0.3) is 5.91 Å². The van der Waals surface area contributed by atoms with E-state index in [4.69, 9.17) is 0 Å². The predicted molar refractivity (Wildman–Crippen MR) is 82.2 cm³/mol. The molecule has 7 heteroatoms. The van der Waals surface area contributed by atoms with Gasteiger partial charge in [-0.1, -0.05) is 0 Å². The molecule has 19 heavy (non-hydrogen) atoms. The van der Waals surface area contributed by atoms with Gasteiger partial charge in [-0.15, -0.1) is 22.7 Å². The number of nitrogens with zero attached hydrogens (tertiary/aromatic N) is 3. The third-order valence-corrected chi connectivity index (χ3v) is 5.41. The van der Waals surface area contributed by atoms with E-state index in [1.165, 1.54) is 0 Å². The number of thiazole rings is 1. The molecule has 3 rings (SSSR count). The Balaban J connectivity index is 1.62. The molecule has 100 valence electrons. The first-order valence-electron chi connectivity index (χ1n) is 5.92. The highest BCUT2D eigenvalue weighted by Gasteiger charge is 2.23. The van der Waals surface area contributed by atoms with Crippen molar-refractivity contribution in [3.8, 4) is 0 Å². The number of halogens is 1. The Morgan fingerprint density at radius 3 is 2.63 bits per heavy atom. The van der Waals surface area contributed by atoms with E-state index in [9.17, 15) is 4.79 Å². The highest BCUT2D eigenvalue weighted by atomic mass is 79.9. The van der Waals surface area contributed by atoms with E-state index >= 15 is 0 Å². The lowest BCUT2D eigenvalue weighted by atomic mass is 10.2. The Kier molecular flexibility index (Phi) is 3.86. The number of amides is 1. The van der Waals surface area contributed by atoms with Gasteiger partial charge in [-0.2, -0.15) is 0 Å². The van der Waals surface area contributed by atoms with Crippen molar-refractivity contribution in [1.82, 2.24) is 9.88 Å². The molecule has 0 saturated carbocycles. The molecule has 0 radical (unpaired) electrons. The summed E-state index contributed by atoms with van der Waals surface area (Å²) in [6.07, 6.45) is 1.82. The summed E-state index contributed by atoms with van der Waals surface area (Å²) in [5.74, 6) is 0.126. The van der Waals surface area contributed by atoms with Crippen molar-refractivity contribution < 1.29 is 4.79 Å². The van der Waals surface area contributed by atoms with Crippen LogP contribution in [-0.4, -0.2) is 42.0 Å². The number of hydrogen-bond donors (Lipinski definition) is 0. The van der Waals surface area contributed by atoms with Gasteiger partial charge in [0.15, 0.2) is 5.13 Å². The van der Waals surface area contributed by atoms with Gasteiger partial charge in [0, 0.05) is 43.1 Å². The first kappa shape index (κ1) is 13.1. The zero-order valence-electron chi connectivity index (χ0n) is 10.1. The molecule has 0 N–H and O–H groups in total. The molecule has 1 amide bonds. The number of anilines is 1. The van der Waals surface area contributed by atoms with Gasteiger partial charge in [0.1, 0.15) is 0 Å². The average Bonchev–Trinajstić information content (AvgIpc) is 3.09. The normalized spacial score (nSPS) is 15.8. The van der Waals surface area contributed by atoms with Crippen LogP contribution in [0.5, 0.6) is 0 Å². The van der Waals surface area contributed by atoms with Gasteiger partial charge in [-0.25, -0.2) is 4.98 Å². The van der Waals surface area contributed by atoms with Crippen LogP contribution in [-0.2, 0) is 0 Å². The van der Waals surface area contributed by atoms with Gasteiger partial charge < -0.3 is 9.80 Å². The molecule has 0 spiro atoms. The van der Waals surface area contributed by atoms with Crippen molar-refractivity contribution in [1.29, 1.82) is 0 Å². The number of carbonyl (C=O) groups is 1. The van der Waals surface area contributed by atoms with E-state index in [1.54, 1.807) is 22.7 Å². The zero-order chi connectivity index (χ0) is 13.2. The third kappa shape index (κ3) is 2.82. The molecular weight excluding hydrogens is 346 g/mol. The van der Waals surface area contributed by atoms with Crippen LogP contribution in [0.1, 0.15) is 10.4 Å². The molecule has 0 unspecified atom stereocenters. The van der Waals surface area contributed by atoms with Crippen LogP contribution < -0.4 is 4.90 Å². The number of piperazine rings is 1. The van der Waals surface area contributed by atoms with E-state index in [2.05, 4.69) is 25.8 Å². The summed E-state index contributed by atoms with van der Waals surface area (Å²) < 4.78 is 0.997. The first-order valence-corrected chi connectivity index (χ1v) is 8.47. The molecule has 0 aromatic carbocycles. The molecule has 2 aromatic heterocycles. The van der Waals surface area contributed by atoms with Crippen molar-refractivity contribution in [3.63, 3.8) is 0 Å². The van der Waals surface area contributed by atoms with Gasteiger partial charge in [0.05, 0.1) is 9.35 Å². The molecule has 1 aliphatic rings. The number of rotatable bonds is 2. The van der Waals surface area contributed by atoms with E-state index < -0.39 is 0 Å². The molecule has 0 aliphatic carbocycles. The Hall–Kier alpha value is -0.920. The van der Waals surface area contributed by atoms with Crippen LogP contribution >= 0.6 is 38.6 Å². The molecule has 0 bridgehead atoms. The summed E-state index contributed by atoms with van der Waals surface area (Å²) in [6.45, 7) is 3.22. The fourth-order valence-electron chi connectivity index (χ4n) is 2.08. The van der Waals surface area contributed by atoms with E-state index in [0.29, 0.717) is 0 Å². The first-order chi connectivity index (χ1) is 9.24. The quantitative estimate of drug-likeness (QED) is 0.828. The summed E-state index contributed by atoms with van der Waals surface area (Å²) in [7, 11) is 0. The van der Waals surface area contributed by atoms with Crippen LogP contribution in [0, 0.1) is 0 Å². The maximum atomic E-state index is 12.3. The Morgan fingerprint density at radius 1 is 1.26 bits per heavy atom. The minimum Gasteiger partial charge on any atom is -0.345 e. The van der Waals surface area contributed by atoms with Crippen LogP contribution in [0.25, 0.3) is 0 Å². The number of carbonyl (C=O) groups excluding carboxylic acids is 1. The molecule has 0 atom stereocenters. The Morgan fingerprint density at radius 2 is 2.05 bits per heavy atom. The number of thiophene rings is 1. The smallest absolute Gasteiger partial charge is 0.254 e. The summed E-state index contributed by atoms with van der Waals surface area (Å²) in [6, 6.07) is 1.89.